The fourth-order valence-corrected chi connectivity index (χ4v) is 1.49. The first-order chi connectivity index (χ1) is 6.45. The maximum Gasteiger partial charge on any atom is 0.0222 e. The maximum absolute atomic E-state index is 3.21. The Morgan fingerprint density at radius 3 is 2.77 bits per heavy atom. The summed E-state index contributed by atoms with van der Waals surface area (Å²) in [7, 11) is 0. The van der Waals surface area contributed by atoms with Crippen molar-refractivity contribution in [2.24, 2.45) is 0 Å². The van der Waals surface area contributed by atoms with Crippen molar-refractivity contribution in [2.75, 3.05) is 0 Å². The van der Waals surface area contributed by atoms with Crippen molar-refractivity contribution in [3.63, 3.8) is 0 Å². The van der Waals surface area contributed by atoms with Crippen molar-refractivity contribution in [1.82, 2.24) is 4.57 Å². The van der Waals surface area contributed by atoms with Gasteiger partial charge in [-0.15, -0.1) is 5.73 Å². The highest BCUT2D eigenvalue weighted by molar-refractivity contribution is 5.28. The number of aromatic nitrogens is 1. The first kappa shape index (κ1) is 8.15. The lowest BCUT2D eigenvalue weighted by Crippen LogP contribution is -1.93. The highest BCUT2D eigenvalue weighted by Gasteiger charge is 1.95. The van der Waals surface area contributed by atoms with Gasteiger partial charge in [0, 0.05) is 18.9 Å². The van der Waals surface area contributed by atoms with E-state index in [-0.39, 0.29) is 0 Å². The zero-order valence-corrected chi connectivity index (χ0v) is 7.61. The van der Waals surface area contributed by atoms with Crippen LogP contribution in [-0.4, -0.2) is 4.57 Å². The van der Waals surface area contributed by atoms with Gasteiger partial charge in [0.2, 0.25) is 0 Å². The minimum absolute atomic E-state index is 1.10. The Kier molecular flexibility index (Phi) is 2.49. The van der Waals surface area contributed by atoms with Crippen molar-refractivity contribution in [1.29, 1.82) is 0 Å². The highest BCUT2D eigenvalue weighted by Crippen LogP contribution is 2.10. The lowest BCUT2D eigenvalue weighted by Gasteiger charge is -2.01. The Morgan fingerprint density at radius 1 is 1.23 bits per heavy atom. The van der Waals surface area contributed by atoms with Gasteiger partial charge < -0.3 is 4.57 Å². The summed E-state index contributed by atoms with van der Waals surface area (Å²) >= 11 is 0. The molecule has 1 heteroatoms. The zero-order chi connectivity index (χ0) is 8.93. The second-order valence-corrected chi connectivity index (χ2v) is 3.22. The Bertz CT molecular complexity index is 348. The van der Waals surface area contributed by atoms with E-state index in [1.54, 1.807) is 0 Å². The van der Waals surface area contributed by atoms with Crippen LogP contribution in [0.5, 0.6) is 0 Å². The summed E-state index contributed by atoms with van der Waals surface area (Å²) in [6.07, 6.45) is 12.7. The monoisotopic (exact) mass is 171 g/mol. The number of aryl methyl sites for hydroxylation is 1. The maximum atomic E-state index is 3.21. The van der Waals surface area contributed by atoms with Gasteiger partial charge in [0.1, 0.15) is 0 Å². The molecule has 1 aromatic heterocycles. The third-order valence-corrected chi connectivity index (χ3v) is 2.19. The molecule has 1 aliphatic carbocycles. The molecule has 1 aromatic rings. The second kappa shape index (κ2) is 3.97. The minimum Gasteiger partial charge on any atom is -0.354 e. The molecule has 0 atom stereocenters. The van der Waals surface area contributed by atoms with Gasteiger partial charge in [0.05, 0.1) is 0 Å². The van der Waals surface area contributed by atoms with Gasteiger partial charge in [0.15, 0.2) is 0 Å². The average Bonchev–Trinajstić information content (AvgIpc) is 2.75. The molecule has 0 fully saturated rings. The van der Waals surface area contributed by atoms with Crippen molar-refractivity contribution in [3.8, 4) is 0 Å². The molecule has 0 saturated carbocycles. The molecule has 0 N–H and O–H groups in total. The van der Waals surface area contributed by atoms with E-state index in [1.807, 2.05) is 12.2 Å². The van der Waals surface area contributed by atoms with Crippen molar-refractivity contribution >= 4 is 0 Å². The summed E-state index contributed by atoms with van der Waals surface area (Å²) in [6.45, 7) is 1.10. The van der Waals surface area contributed by atoms with Crippen LogP contribution in [0.25, 0.3) is 0 Å². The average molecular weight is 171 g/mol. The molecule has 66 valence electrons. The van der Waals surface area contributed by atoms with Crippen LogP contribution in [0.1, 0.15) is 12.8 Å². The molecule has 0 bridgehead atoms. The summed E-state index contributed by atoms with van der Waals surface area (Å²) in [6, 6.07) is 4.13. The Labute approximate surface area is 78.7 Å². The van der Waals surface area contributed by atoms with Crippen LogP contribution in [0.15, 0.2) is 54.1 Å². The smallest absolute Gasteiger partial charge is 0.0222 e. The van der Waals surface area contributed by atoms with Gasteiger partial charge in [-0.3, -0.25) is 0 Å². The molecular formula is C12H13N. The SMILES string of the molecule is C1=CC=CC=1CCCn1cccc1. The quantitative estimate of drug-likeness (QED) is 0.614. The fraction of sp³-hybridized carbons (Fsp3) is 0.250. The summed E-state index contributed by atoms with van der Waals surface area (Å²) in [4.78, 5) is 0. The number of hydrogen-bond donors (Lipinski definition) is 0. The Balaban J connectivity index is 1.76. The van der Waals surface area contributed by atoms with E-state index in [9.17, 15) is 0 Å². The van der Waals surface area contributed by atoms with E-state index in [0.717, 1.165) is 13.0 Å². The summed E-state index contributed by atoms with van der Waals surface area (Å²) in [5.41, 5.74) is 4.53. The molecule has 0 radical (unpaired) electrons. The molecule has 0 spiro atoms. The van der Waals surface area contributed by atoms with E-state index < -0.39 is 0 Å². The normalized spacial score (nSPS) is 13.7. The Morgan fingerprint density at radius 2 is 2.08 bits per heavy atom. The molecule has 1 aliphatic rings. The van der Waals surface area contributed by atoms with Crippen LogP contribution in [0.4, 0.5) is 0 Å². The standard InChI is InChI=1S/C12H13N/c1-2-7-12(6-1)8-5-11-13-9-3-4-10-13/h1-4,6,9-10H,5,8,11H2. The summed E-state index contributed by atoms with van der Waals surface area (Å²) in [5, 5.41) is 0. The number of rotatable bonds is 4. The van der Waals surface area contributed by atoms with Crippen LogP contribution >= 0.6 is 0 Å². The van der Waals surface area contributed by atoms with E-state index in [0.29, 0.717) is 0 Å². The number of allylic oxidation sites excluding steroid dienone is 3. The summed E-state index contributed by atoms with van der Waals surface area (Å²) < 4.78 is 2.21. The van der Waals surface area contributed by atoms with Crippen molar-refractivity contribution in [2.45, 2.75) is 19.4 Å². The number of nitrogens with zero attached hydrogens (tertiary/aromatic N) is 1. The van der Waals surface area contributed by atoms with Crippen LogP contribution in [-0.2, 0) is 6.54 Å². The first-order valence-corrected chi connectivity index (χ1v) is 4.68. The van der Waals surface area contributed by atoms with Gasteiger partial charge in [-0.2, -0.15) is 0 Å². The lowest BCUT2D eigenvalue weighted by atomic mass is 10.1. The summed E-state index contributed by atoms with van der Waals surface area (Å²) in [5.74, 6) is 0. The van der Waals surface area contributed by atoms with E-state index in [1.165, 1.54) is 12.0 Å². The van der Waals surface area contributed by atoms with Crippen LogP contribution < -0.4 is 0 Å². The van der Waals surface area contributed by atoms with Crippen LogP contribution in [0, 0.1) is 0 Å². The van der Waals surface area contributed by atoms with Gasteiger partial charge >= 0.3 is 0 Å². The minimum atomic E-state index is 1.10. The van der Waals surface area contributed by atoms with Gasteiger partial charge in [-0.1, -0.05) is 12.2 Å². The van der Waals surface area contributed by atoms with Gasteiger partial charge in [-0.25, -0.2) is 0 Å². The number of hydrogen-bond acceptors (Lipinski definition) is 0. The topological polar surface area (TPSA) is 4.93 Å². The molecule has 0 aliphatic heterocycles. The zero-order valence-electron chi connectivity index (χ0n) is 7.61. The van der Waals surface area contributed by atoms with E-state index in [4.69, 9.17) is 0 Å². The predicted molar refractivity (Wildman–Crippen MR) is 54.4 cm³/mol. The van der Waals surface area contributed by atoms with Crippen LogP contribution in [0.3, 0.4) is 0 Å². The second-order valence-electron chi connectivity index (χ2n) is 3.22. The molecule has 13 heavy (non-hydrogen) atoms. The molecule has 0 saturated heterocycles. The Hall–Kier alpha value is -1.46. The third-order valence-electron chi connectivity index (χ3n) is 2.19. The molecule has 1 nitrogen and oxygen atoms in total. The van der Waals surface area contributed by atoms with Crippen molar-refractivity contribution < 1.29 is 0 Å². The van der Waals surface area contributed by atoms with E-state index in [2.05, 4.69) is 40.9 Å². The molecule has 0 aromatic carbocycles. The first-order valence-electron chi connectivity index (χ1n) is 4.68. The van der Waals surface area contributed by atoms with E-state index >= 15 is 0 Å². The molecule has 2 rings (SSSR count). The largest absolute Gasteiger partial charge is 0.354 e. The van der Waals surface area contributed by atoms with Crippen molar-refractivity contribution in [3.05, 3.63) is 54.1 Å². The molecule has 0 unspecified atom stereocenters. The highest BCUT2D eigenvalue weighted by atomic mass is 14.9. The third kappa shape index (κ3) is 2.24. The molecule has 1 heterocycles. The van der Waals surface area contributed by atoms with Crippen LogP contribution in [0.2, 0.25) is 0 Å². The molecular weight excluding hydrogens is 158 g/mol. The molecule has 0 amide bonds. The lowest BCUT2D eigenvalue weighted by molar-refractivity contribution is 0.647. The van der Waals surface area contributed by atoms with Gasteiger partial charge in [0.25, 0.3) is 0 Å². The van der Waals surface area contributed by atoms with Gasteiger partial charge in [-0.05, 0) is 36.6 Å². The fourth-order valence-electron chi connectivity index (χ4n) is 1.49. The predicted octanol–water partition coefficient (Wildman–Crippen LogP) is 2.92.